The van der Waals surface area contributed by atoms with Crippen molar-refractivity contribution in [3.05, 3.63) is 29.3 Å². The molecule has 0 saturated carbocycles. The van der Waals surface area contributed by atoms with Gasteiger partial charge in [-0.25, -0.2) is 0 Å². The third-order valence-corrected chi connectivity index (χ3v) is 3.84. The first-order valence-electron chi connectivity index (χ1n) is 7.31. The smallest absolute Gasteiger partial charge is 0.277 e. The fraction of sp³-hybridized carbons (Fsp3) is 0.438. The molecule has 0 saturated heterocycles. The van der Waals surface area contributed by atoms with Crippen LogP contribution in [0.25, 0.3) is 11.5 Å². The Hall–Kier alpha value is -1.86. The molecule has 0 aliphatic carbocycles. The molecule has 7 heteroatoms. The first-order valence-corrected chi connectivity index (χ1v) is 8.29. The minimum atomic E-state index is -0.0919. The molecule has 1 aromatic carbocycles. The molecular formula is C16H21N3O3S. The lowest BCUT2D eigenvalue weighted by atomic mass is 10.1. The number of hydrogen-bond donors (Lipinski definition) is 1. The van der Waals surface area contributed by atoms with Crippen LogP contribution in [-0.4, -0.2) is 41.6 Å². The Kier molecular flexibility index (Phi) is 6.18. The second-order valence-electron chi connectivity index (χ2n) is 5.46. The van der Waals surface area contributed by atoms with Crippen molar-refractivity contribution in [2.75, 3.05) is 19.5 Å². The summed E-state index contributed by atoms with van der Waals surface area (Å²) in [6, 6.07) is 6.05. The number of carbonyl (C=O) groups excluding carboxylic acids is 1. The third kappa shape index (κ3) is 5.37. The number of aryl methyl sites for hydroxylation is 2. The molecule has 1 N–H and O–H groups in total. The summed E-state index contributed by atoms with van der Waals surface area (Å²) in [5.74, 6) is 0.598. The Balaban J connectivity index is 1.93. The topological polar surface area (TPSA) is 77.2 Å². The molecule has 1 amide bonds. The van der Waals surface area contributed by atoms with Gasteiger partial charge in [-0.2, -0.15) is 0 Å². The second-order valence-corrected chi connectivity index (χ2v) is 6.39. The fourth-order valence-electron chi connectivity index (χ4n) is 2.22. The number of nitrogens with zero attached hydrogens (tertiary/aromatic N) is 2. The summed E-state index contributed by atoms with van der Waals surface area (Å²) in [6.07, 6.45) is 0. The minimum Gasteiger partial charge on any atom is -0.411 e. The van der Waals surface area contributed by atoms with Crippen LogP contribution in [0, 0.1) is 13.8 Å². The van der Waals surface area contributed by atoms with Crippen molar-refractivity contribution in [3.63, 3.8) is 0 Å². The molecule has 23 heavy (non-hydrogen) atoms. The quantitative estimate of drug-likeness (QED) is 0.784. The van der Waals surface area contributed by atoms with E-state index >= 15 is 0 Å². The van der Waals surface area contributed by atoms with E-state index in [1.165, 1.54) is 11.8 Å². The molecular weight excluding hydrogens is 314 g/mol. The first kappa shape index (κ1) is 17.5. The molecule has 2 aromatic rings. The van der Waals surface area contributed by atoms with Gasteiger partial charge in [0.05, 0.1) is 12.4 Å². The van der Waals surface area contributed by atoms with Gasteiger partial charge in [-0.1, -0.05) is 29.0 Å². The van der Waals surface area contributed by atoms with E-state index < -0.39 is 0 Å². The van der Waals surface area contributed by atoms with Crippen LogP contribution in [0.1, 0.15) is 18.1 Å². The van der Waals surface area contributed by atoms with E-state index in [4.69, 9.17) is 9.15 Å². The highest BCUT2D eigenvalue weighted by molar-refractivity contribution is 7.99. The Bertz CT molecular complexity index is 652. The lowest BCUT2D eigenvalue weighted by molar-refractivity contribution is -0.119. The van der Waals surface area contributed by atoms with Gasteiger partial charge in [0.1, 0.15) is 0 Å². The number of rotatable bonds is 7. The van der Waals surface area contributed by atoms with Crippen LogP contribution < -0.4 is 5.32 Å². The monoisotopic (exact) mass is 335 g/mol. The molecule has 0 fully saturated rings. The van der Waals surface area contributed by atoms with Crippen LogP contribution in [0.3, 0.4) is 0 Å². The van der Waals surface area contributed by atoms with Gasteiger partial charge in [0.2, 0.25) is 11.8 Å². The van der Waals surface area contributed by atoms with Crippen LogP contribution in [0.15, 0.2) is 27.8 Å². The molecule has 1 aromatic heterocycles. The highest BCUT2D eigenvalue weighted by Gasteiger charge is 2.13. The van der Waals surface area contributed by atoms with Gasteiger partial charge in [0.25, 0.3) is 5.22 Å². The number of aromatic nitrogens is 2. The number of hydrogen-bond acceptors (Lipinski definition) is 6. The van der Waals surface area contributed by atoms with Crippen LogP contribution in [0.5, 0.6) is 0 Å². The molecule has 124 valence electrons. The van der Waals surface area contributed by atoms with Gasteiger partial charge < -0.3 is 14.5 Å². The van der Waals surface area contributed by atoms with Crippen LogP contribution >= 0.6 is 11.8 Å². The lowest BCUT2D eigenvalue weighted by Crippen LogP contribution is -2.36. The van der Waals surface area contributed by atoms with Crippen LogP contribution in [0.2, 0.25) is 0 Å². The van der Waals surface area contributed by atoms with E-state index in [2.05, 4.69) is 21.6 Å². The predicted octanol–water partition coefficient (Wildman–Crippen LogP) is 2.60. The lowest BCUT2D eigenvalue weighted by Gasteiger charge is -2.11. The Morgan fingerprint density at radius 2 is 2.00 bits per heavy atom. The van der Waals surface area contributed by atoms with E-state index in [-0.39, 0.29) is 17.7 Å². The van der Waals surface area contributed by atoms with Gasteiger partial charge in [0.15, 0.2) is 0 Å². The SMILES string of the molecule is COCC(C)NC(=O)CSc1nnc(-c2cc(C)cc(C)c2)o1. The molecule has 6 nitrogen and oxygen atoms in total. The van der Waals surface area contributed by atoms with Crippen LogP contribution in [0.4, 0.5) is 0 Å². The van der Waals surface area contributed by atoms with Crippen molar-refractivity contribution in [2.24, 2.45) is 0 Å². The average molecular weight is 335 g/mol. The van der Waals surface area contributed by atoms with Crippen molar-refractivity contribution in [2.45, 2.75) is 32.0 Å². The summed E-state index contributed by atoms with van der Waals surface area (Å²) in [5.41, 5.74) is 3.16. The number of benzene rings is 1. The number of amides is 1. The van der Waals surface area contributed by atoms with Crippen molar-refractivity contribution >= 4 is 17.7 Å². The number of carbonyl (C=O) groups is 1. The molecule has 0 bridgehead atoms. The highest BCUT2D eigenvalue weighted by atomic mass is 32.2. The number of methoxy groups -OCH3 is 1. The number of ether oxygens (including phenoxy) is 1. The number of nitrogens with one attached hydrogen (secondary N) is 1. The number of thioether (sulfide) groups is 1. The Labute approximate surface area is 140 Å². The molecule has 0 aliphatic heterocycles. The van der Waals surface area contributed by atoms with Crippen molar-refractivity contribution in [3.8, 4) is 11.5 Å². The van der Waals surface area contributed by atoms with E-state index in [0.29, 0.717) is 17.7 Å². The van der Waals surface area contributed by atoms with Gasteiger partial charge in [-0.05, 0) is 32.9 Å². The minimum absolute atomic E-state index is 0.0263. The maximum absolute atomic E-state index is 11.8. The zero-order chi connectivity index (χ0) is 16.8. The zero-order valence-corrected chi connectivity index (χ0v) is 14.6. The molecule has 1 atom stereocenters. The van der Waals surface area contributed by atoms with E-state index in [0.717, 1.165) is 16.7 Å². The van der Waals surface area contributed by atoms with Crippen molar-refractivity contribution < 1.29 is 13.9 Å². The molecule has 0 spiro atoms. The first-order chi connectivity index (χ1) is 11.0. The van der Waals surface area contributed by atoms with E-state index in [1.807, 2.05) is 32.9 Å². The average Bonchev–Trinajstić information content (AvgIpc) is 2.93. The van der Waals surface area contributed by atoms with Gasteiger partial charge in [0, 0.05) is 18.7 Å². The summed E-state index contributed by atoms with van der Waals surface area (Å²) in [6.45, 7) is 6.41. The maximum atomic E-state index is 11.8. The summed E-state index contributed by atoms with van der Waals surface area (Å²) >= 11 is 1.22. The Morgan fingerprint density at radius 1 is 1.30 bits per heavy atom. The molecule has 1 heterocycles. The summed E-state index contributed by atoms with van der Waals surface area (Å²) in [4.78, 5) is 11.8. The van der Waals surface area contributed by atoms with Crippen molar-refractivity contribution in [1.82, 2.24) is 15.5 Å². The Morgan fingerprint density at radius 3 is 2.65 bits per heavy atom. The molecule has 2 rings (SSSR count). The van der Waals surface area contributed by atoms with Crippen molar-refractivity contribution in [1.29, 1.82) is 0 Å². The molecule has 0 aliphatic rings. The maximum Gasteiger partial charge on any atom is 0.277 e. The largest absolute Gasteiger partial charge is 0.411 e. The van der Waals surface area contributed by atoms with Gasteiger partial charge >= 0.3 is 0 Å². The summed E-state index contributed by atoms with van der Waals surface area (Å²) < 4.78 is 10.6. The summed E-state index contributed by atoms with van der Waals surface area (Å²) in [7, 11) is 1.60. The zero-order valence-electron chi connectivity index (χ0n) is 13.8. The van der Waals surface area contributed by atoms with E-state index in [1.54, 1.807) is 7.11 Å². The molecule has 1 unspecified atom stereocenters. The van der Waals surface area contributed by atoms with Gasteiger partial charge in [-0.3, -0.25) is 4.79 Å². The summed E-state index contributed by atoms with van der Waals surface area (Å²) in [5, 5.41) is 11.2. The second kappa shape index (κ2) is 8.12. The molecule has 0 radical (unpaired) electrons. The normalized spacial score (nSPS) is 12.2. The predicted molar refractivity (Wildman–Crippen MR) is 89.4 cm³/mol. The van der Waals surface area contributed by atoms with Crippen LogP contribution in [-0.2, 0) is 9.53 Å². The van der Waals surface area contributed by atoms with E-state index in [9.17, 15) is 4.79 Å². The fourth-order valence-corrected chi connectivity index (χ4v) is 2.79. The highest BCUT2D eigenvalue weighted by Crippen LogP contribution is 2.24. The third-order valence-electron chi connectivity index (χ3n) is 3.03. The standard InChI is InChI=1S/C16H21N3O3S/c1-10-5-11(2)7-13(6-10)15-18-19-16(22-15)23-9-14(20)17-12(3)8-21-4/h5-7,12H,8-9H2,1-4H3,(H,17,20). The van der Waals surface area contributed by atoms with Gasteiger partial charge in [-0.15, -0.1) is 10.2 Å².